The predicted octanol–water partition coefficient (Wildman–Crippen LogP) is 0.0235. The lowest BCUT2D eigenvalue weighted by Gasteiger charge is -2.28. The Morgan fingerprint density at radius 1 is 1.02 bits per heavy atom. The molecular weight excluding hydrogens is 518 g/mol. The maximum atomic E-state index is 13.2. The van der Waals surface area contributed by atoms with Crippen molar-refractivity contribution in [2.24, 2.45) is 5.73 Å². The van der Waals surface area contributed by atoms with Crippen LogP contribution in [0.5, 0.6) is 5.75 Å². The van der Waals surface area contributed by atoms with E-state index in [1.165, 1.54) is 29.2 Å². The molecule has 0 bridgehead atoms. The molecule has 0 radical (unpaired) electrons. The molecule has 1 aliphatic rings. The first-order valence-electron chi connectivity index (χ1n) is 13.0. The summed E-state index contributed by atoms with van der Waals surface area (Å²) in [5.41, 5.74) is 8.63. The fraction of sp³-hybridized carbons (Fsp3) is 0.357. The molecule has 2 aromatic carbocycles. The molecule has 3 aromatic rings. The van der Waals surface area contributed by atoms with Crippen LogP contribution in [0.15, 0.2) is 54.7 Å². The van der Waals surface area contributed by atoms with Gasteiger partial charge >= 0.3 is 5.97 Å². The standard InChI is InChI=1S/C28H33N5O7/c29-20(13-17-14-30-21-5-2-1-4-19(17)21)27(38)33-11-3-6-24(33)26(37)32-23(15-34)25(36)31-22(28(39)40)12-16-7-9-18(35)10-8-16/h1-2,4-5,7-10,14,20,22-24,30,34-35H,3,6,11-13,15,29H2,(H,31,36)(H,32,37)(H,39,40). The minimum atomic E-state index is -1.42. The quantitative estimate of drug-likeness (QED) is 0.173. The first-order chi connectivity index (χ1) is 19.2. The van der Waals surface area contributed by atoms with E-state index in [9.17, 15) is 34.5 Å². The average Bonchev–Trinajstić information content (AvgIpc) is 3.59. The van der Waals surface area contributed by atoms with E-state index in [-0.39, 0.29) is 18.6 Å². The third-order valence-corrected chi connectivity index (χ3v) is 7.08. The number of aliphatic hydroxyl groups excluding tert-OH is 1. The van der Waals surface area contributed by atoms with Crippen molar-refractivity contribution in [3.05, 3.63) is 65.9 Å². The first-order valence-corrected chi connectivity index (χ1v) is 13.0. The highest BCUT2D eigenvalue weighted by Crippen LogP contribution is 2.22. The second-order valence-corrected chi connectivity index (χ2v) is 9.87. The van der Waals surface area contributed by atoms with Gasteiger partial charge in [-0.2, -0.15) is 0 Å². The van der Waals surface area contributed by atoms with Gasteiger partial charge in [-0.1, -0.05) is 30.3 Å². The predicted molar refractivity (Wildman–Crippen MR) is 145 cm³/mol. The number of rotatable bonds is 11. The number of H-pyrrole nitrogens is 1. The number of aromatic hydroxyl groups is 1. The molecule has 2 heterocycles. The number of nitrogens with two attached hydrogens (primary N) is 1. The number of aliphatic hydroxyl groups is 1. The lowest BCUT2D eigenvalue weighted by Crippen LogP contribution is -2.58. The lowest BCUT2D eigenvalue weighted by atomic mass is 10.0. The number of hydrogen-bond acceptors (Lipinski definition) is 7. The number of aromatic amines is 1. The van der Waals surface area contributed by atoms with Gasteiger partial charge in [0, 0.05) is 30.1 Å². The maximum absolute atomic E-state index is 13.2. The Labute approximate surface area is 230 Å². The highest BCUT2D eigenvalue weighted by atomic mass is 16.4. The van der Waals surface area contributed by atoms with E-state index in [4.69, 9.17) is 5.73 Å². The fourth-order valence-electron chi connectivity index (χ4n) is 4.94. The summed E-state index contributed by atoms with van der Waals surface area (Å²) in [7, 11) is 0. The smallest absolute Gasteiger partial charge is 0.326 e. The van der Waals surface area contributed by atoms with Gasteiger partial charge in [-0.3, -0.25) is 14.4 Å². The fourth-order valence-corrected chi connectivity index (χ4v) is 4.94. The monoisotopic (exact) mass is 551 g/mol. The number of carbonyl (C=O) groups excluding carboxylic acids is 3. The Morgan fingerprint density at radius 2 is 1.75 bits per heavy atom. The molecule has 212 valence electrons. The van der Waals surface area contributed by atoms with E-state index < -0.39 is 54.5 Å². The first kappa shape index (κ1) is 28.6. The number of phenols is 1. The Bertz CT molecular complexity index is 1370. The normalized spacial score (nSPS) is 17.2. The summed E-state index contributed by atoms with van der Waals surface area (Å²) in [6.07, 6.45) is 2.92. The number of nitrogens with zero attached hydrogens (tertiary/aromatic N) is 1. The lowest BCUT2D eigenvalue weighted by molar-refractivity contribution is -0.143. The summed E-state index contributed by atoms with van der Waals surface area (Å²) in [6, 6.07) is 8.97. The Balaban J connectivity index is 1.37. The number of hydrogen-bond donors (Lipinski definition) is 7. The molecule has 4 atom stereocenters. The molecule has 0 aliphatic carbocycles. The summed E-state index contributed by atoms with van der Waals surface area (Å²) < 4.78 is 0. The Kier molecular flexibility index (Phi) is 9.02. The van der Waals surface area contributed by atoms with Gasteiger partial charge < -0.3 is 41.6 Å². The van der Waals surface area contributed by atoms with Gasteiger partial charge in [0.15, 0.2) is 0 Å². The van der Waals surface area contributed by atoms with Crippen molar-refractivity contribution in [3.63, 3.8) is 0 Å². The summed E-state index contributed by atoms with van der Waals surface area (Å²) in [5, 5.41) is 34.5. The van der Waals surface area contributed by atoms with Gasteiger partial charge in [0.1, 0.15) is 23.9 Å². The van der Waals surface area contributed by atoms with Crippen LogP contribution in [-0.2, 0) is 32.0 Å². The molecule has 40 heavy (non-hydrogen) atoms. The Morgan fingerprint density at radius 3 is 2.45 bits per heavy atom. The molecule has 3 amide bonds. The van der Waals surface area contributed by atoms with Gasteiger partial charge in [0.25, 0.3) is 0 Å². The molecule has 1 fully saturated rings. The number of benzene rings is 2. The van der Waals surface area contributed by atoms with Crippen LogP contribution in [0, 0.1) is 0 Å². The van der Waals surface area contributed by atoms with E-state index in [1.807, 2.05) is 30.5 Å². The second kappa shape index (κ2) is 12.6. The van der Waals surface area contributed by atoms with Gasteiger partial charge in [-0.15, -0.1) is 0 Å². The van der Waals surface area contributed by atoms with Crippen LogP contribution in [-0.4, -0.2) is 86.2 Å². The van der Waals surface area contributed by atoms with Crippen molar-refractivity contribution >= 4 is 34.6 Å². The van der Waals surface area contributed by atoms with Crippen molar-refractivity contribution in [2.75, 3.05) is 13.2 Å². The maximum Gasteiger partial charge on any atom is 0.326 e. The third-order valence-electron chi connectivity index (χ3n) is 7.08. The van der Waals surface area contributed by atoms with Crippen LogP contribution in [0.25, 0.3) is 10.9 Å². The summed E-state index contributed by atoms with van der Waals surface area (Å²) >= 11 is 0. The molecule has 1 saturated heterocycles. The van der Waals surface area contributed by atoms with E-state index in [2.05, 4.69) is 15.6 Å². The number of carbonyl (C=O) groups is 4. The Hall–Kier alpha value is -4.42. The van der Waals surface area contributed by atoms with Crippen LogP contribution >= 0.6 is 0 Å². The van der Waals surface area contributed by atoms with E-state index in [0.717, 1.165) is 16.5 Å². The van der Waals surface area contributed by atoms with Gasteiger partial charge in [-0.25, -0.2) is 4.79 Å². The number of likely N-dealkylation sites (tertiary alicyclic amines) is 1. The summed E-state index contributed by atoms with van der Waals surface area (Å²) in [6.45, 7) is -0.452. The number of aromatic nitrogens is 1. The zero-order valence-corrected chi connectivity index (χ0v) is 21.7. The van der Waals surface area contributed by atoms with E-state index in [0.29, 0.717) is 24.9 Å². The number of nitrogens with one attached hydrogen (secondary N) is 3. The molecule has 1 aliphatic heterocycles. The van der Waals surface area contributed by atoms with Crippen LogP contribution < -0.4 is 16.4 Å². The molecule has 0 spiro atoms. The largest absolute Gasteiger partial charge is 0.508 e. The van der Waals surface area contributed by atoms with Crippen molar-refractivity contribution in [1.82, 2.24) is 20.5 Å². The number of amides is 3. The van der Waals surface area contributed by atoms with Crippen molar-refractivity contribution in [3.8, 4) is 5.75 Å². The van der Waals surface area contributed by atoms with Gasteiger partial charge in [0.05, 0.1) is 12.6 Å². The molecule has 1 aromatic heterocycles. The van der Waals surface area contributed by atoms with Crippen LogP contribution in [0.2, 0.25) is 0 Å². The zero-order valence-electron chi connectivity index (χ0n) is 21.7. The van der Waals surface area contributed by atoms with Crippen molar-refractivity contribution < 1.29 is 34.5 Å². The van der Waals surface area contributed by atoms with Gasteiger partial charge in [-0.05, 0) is 48.6 Å². The number of carboxylic acids is 1. The second-order valence-electron chi connectivity index (χ2n) is 9.87. The minimum Gasteiger partial charge on any atom is -0.508 e. The van der Waals surface area contributed by atoms with Crippen LogP contribution in [0.3, 0.4) is 0 Å². The topological polar surface area (TPSA) is 198 Å². The molecule has 8 N–H and O–H groups in total. The molecule has 12 nitrogen and oxygen atoms in total. The number of phenolic OH excluding ortho intramolecular Hbond substituents is 1. The summed E-state index contributed by atoms with van der Waals surface area (Å²) in [5.74, 6) is -3.20. The number of carboxylic acid groups (broad SMARTS) is 1. The highest BCUT2D eigenvalue weighted by molar-refractivity contribution is 5.95. The molecule has 0 saturated carbocycles. The minimum absolute atomic E-state index is 0.0149. The van der Waals surface area contributed by atoms with E-state index >= 15 is 0 Å². The van der Waals surface area contributed by atoms with Crippen LogP contribution in [0.4, 0.5) is 0 Å². The number of fused-ring (bicyclic) bond motifs is 1. The highest BCUT2D eigenvalue weighted by Gasteiger charge is 2.38. The summed E-state index contributed by atoms with van der Waals surface area (Å²) in [4.78, 5) is 55.4. The zero-order chi connectivity index (χ0) is 28.8. The number of para-hydroxylation sites is 1. The third kappa shape index (κ3) is 6.58. The van der Waals surface area contributed by atoms with Crippen molar-refractivity contribution in [2.45, 2.75) is 49.9 Å². The average molecular weight is 552 g/mol. The molecular formula is C28H33N5O7. The number of aliphatic carboxylic acids is 1. The van der Waals surface area contributed by atoms with Crippen molar-refractivity contribution in [1.29, 1.82) is 0 Å². The molecule has 4 unspecified atom stereocenters. The van der Waals surface area contributed by atoms with Gasteiger partial charge in [0.2, 0.25) is 17.7 Å². The SMILES string of the molecule is NC(Cc1c[nH]c2ccccc12)C(=O)N1CCCC1C(=O)NC(CO)C(=O)NC(Cc1ccc(O)cc1)C(=O)O. The molecule has 4 rings (SSSR count). The van der Waals surface area contributed by atoms with E-state index in [1.54, 1.807) is 0 Å². The molecule has 12 heteroatoms. The van der Waals surface area contributed by atoms with Crippen LogP contribution in [0.1, 0.15) is 24.0 Å².